The molecule has 0 unspecified atom stereocenters. The molecule has 0 saturated heterocycles. The van der Waals surface area contributed by atoms with Crippen molar-refractivity contribution in [3.05, 3.63) is 66.4 Å². The third-order valence-corrected chi connectivity index (χ3v) is 9.34. The van der Waals surface area contributed by atoms with E-state index in [1.165, 1.54) is 0 Å². The highest BCUT2D eigenvalue weighted by molar-refractivity contribution is 7.92. The summed E-state index contributed by atoms with van der Waals surface area (Å²) >= 11 is 0. The summed E-state index contributed by atoms with van der Waals surface area (Å²) in [6.45, 7) is -0.294. The van der Waals surface area contributed by atoms with Gasteiger partial charge >= 0.3 is 14.0 Å². The van der Waals surface area contributed by atoms with Crippen molar-refractivity contribution in [3.8, 4) is 16.9 Å². The lowest BCUT2D eigenvalue weighted by Crippen LogP contribution is -2.37. The van der Waals surface area contributed by atoms with Gasteiger partial charge in [-0.15, -0.1) is 0 Å². The van der Waals surface area contributed by atoms with E-state index in [1.54, 1.807) is 54.7 Å². The number of halogens is 3. The number of nitrogens with zero attached hydrogens (tertiary/aromatic N) is 2. The van der Waals surface area contributed by atoms with E-state index in [4.69, 9.17) is 14.5 Å². The first kappa shape index (κ1) is 32.9. The Morgan fingerprint density at radius 1 is 1.05 bits per heavy atom. The number of rotatable bonds is 15. The van der Waals surface area contributed by atoms with Crippen molar-refractivity contribution < 1.29 is 45.2 Å². The van der Waals surface area contributed by atoms with Crippen LogP contribution in [0.25, 0.3) is 11.1 Å². The van der Waals surface area contributed by atoms with Gasteiger partial charge in [-0.25, -0.2) is 18.0 Å². The van der Waals surface area contributed by atoms with Crippen molar-refractivity contribution in [3.63, 3.8) is 0 Å². The minimum atomic E-state index is -4.80. The molecule has 1 fully saturated rings. The quantitative estimate of drug-likeness (QED) is 0.144. The second-order valence-corrected chi connectivity index (χ2v) is 13.7. The third-order valence-electron chi connectivity index (χ3n) is 6.56. The maximum Gasteiger partial charge on any atom is 0.469 e. The molecule has 234 valence electrons. The molecule has 0 radical (unpaired) electrons. The zero-order chi connectivity index (χ0) is 31.3. The molecule has 0 aliphatic heterocycles. The van der Waals surface area contributed by atoms with Gasteiger partial charge in [0.1, 0.15) is 11.6 Å². The molecule has 1 heterocycles. The molecule has 1 aliphatic carbocycles. The molecule has 43 heavy (non-hydrogen) atoms. The molecular formula is C28H33F3N3O7PS. The van der Waals surface area contributed by atoms with Crippen LogP contribution < -0.4 is 10.1 Å². The highest BCUT2D eigenvalue weighted by Crippen LogP contribution is 2.37. The number of hydrogen-bond donors (Lipinski definition) is 3. The molecule has 0 bridgehead atoms. The first-order valence-corrected chi connectivity index (χ1v) is 16.6. The maximum absolute atomic E-state index is 13.0. The minimum absolute atomic E-state index is 0.0399. The number of ether oxygens (including phenoxy) is 1. The summed E-state index contributed by atoms with van der Waals surface area (Å²) in [5.74, 6) is 0.930. The van der Waals surface area contributed by atoms with Gasteiger partial charge in [0, 0.05) is 19.3 Å². The summed E-state index contributed by atoms with van der Waals surface area (Å²) in [6, 6.07) is 15.6. The molecule has 0 amide bonds. The van der Waals surface area contributed by atoms with E-state index in [1.807, 2.05) is 13.0 Å². The van der Waals surface area contributed by atoms with Gasteiger partial charge in [0.2, 0.25) is 0 Å². The van der Waals surface area contributed by atoms with Crippen LogP contribution in [0.3, 0.4) is 0 Å². The zero-order valence-electron chi connectivity index (χ0n) is 23.3. The Balaban J connectivity index is 1.49. The number of alkyl halides is 3. The van der Waals surface area contributed by atoms with Crippen LogP contribution in [-0.2, 0) is 18.9 Å². The molecule has 0 atom stereocenters. The number of aryl methyl sites for hydroxylation is 1. The number of anilines is 2. The normalized spacial score (nSPS) is 14.2. The van der Waals surface area contributed by atoms with Gasteiger partial charge in [0.25, 0.3) is 0 Å². The molecule has 15 heteroatoms. The van der Waals surface area contributed by atoms with E-state index in [0.29, 0.717) is 35.7 Å². The Kier molecular flexibility index (Phi) is 10.5. The SMILES string of the molecule is Cc1ccc(Nc2cc(-c3cccc(S(=O)(=O)C4CC4)c3)ccc2OCCCN(CCOP(=O)(O)O)CC(F)(F)F)nc1. The minimum Gasteiger partial charge on any atom is -0.491 e. The molecule has 2 aromatic carbocycles. The van der Waals surface area contributed by atoms with Gasteiger partial charge in [0.05, 0.1) is 35.6 Å². The fourth-order valence-electron chi connectivity index (χ4n) is 4.32. The molecule has 0 spiro atoms. The van der Waals surface area contributed by atoms with E-state index < -0.39 is 37.0 Å². The van der Waals surface area contributed by atoms with Gasteiger partial charge in [-0.05, 0) is 73.2 Å². The van der Waals surface area contributed by atoms with E-state index in [0.717, 1.165) is 16.0 Å². The van der Waals surface area contributed by atoms with E-state index in [9.17, 15) is 26.2 Å². The fourth-order valence-corrected chi connectivity index (χ4v) is 6.34. The molecular weight excluding hydrogens is 610 g/mol. The van der Waals surface area contributed by atoms with E-state index >= 15 is 0 Å². The fraction of sp³-hybridized carbons (Fsp3) is 0.393. The van der Waals surface area contributed by atoms with Crippen molar-refractivity contribution in [2.75, 3.05) is 38.2 Å². The van der Waals surface area contributed by atoms with Crippen LogP contribution >= 0.6 is 7.82 Å². The van der Waals surface area contributed by atoms with Crippen LogP contribution in [0.5, 0.6) is 5.75 Å². The predicted octanol–water partition coefficient (Wildman–Crippen LogP) is 5.48. The number of nitrogens with one attached hydrogen (secondary N) is 1. The Morgan fingerprint density at radius 2 is 1.79 bits per heavy atom. The number of pyridine rings is 1. The molecule has 10 nitrogen and oxygen atoms in total. The monoisotopic (exact) mass is 643 g/mol. The molecule has 3 aromatic rings. The first-order valence-electron chi connectivity index (χ1n) is 13.5. The summed E-state index contributed by atoms with van der Waals surface area (Å²) < 4.78 is 85.8. The largest absolute Gasteiger partial charge is 0.491 e. The number of phosphoric acid groups is 1. The lowest BCUT2D eigenvalue weighted by molar-refractivity contribution is -0.146. The number of hydrogen-bond acceptors (Lipinski definition) is 8. The molecule has 1 aromatic heterocycles. The Labute approximate surface area is 248 Å². The summed E-state index contributed by atoms with van der Waals surface area (Å²) in [4.78, 5) is 23.2. The standard InChI is InChI=1S/C28H33F3N3O7PS/c1-20-6-11-27(32-18-20)33-25-17-22(21-4-2-5-24(16-21)43(38,39)23-8-9-23)7-10-26(25)40-14-3-12-34(19-28(29,30)31)13-15-41-42(35,36)37/h2,4-7,10-11,16-18,23H,3,8-9,12-15,19H2,1H3,(H,32,33)(H2,35,36,37). The van der Waals surface area contributed by atoms with Crippen molar-refractivity contribution in [2.45, 2.75) is 42.5 Å². The van der Waals surface area contributed by atoms with Gasteiger partial charge in [-0.1, -0.05) is 24.3 Å². The molecule has 1 aliphatic rings. The second kappa shape index (κ2) is 13.7. The zero-order valence-corrected chi connectivity index (χ0v) is 25.0. The smallest absolute Gasteiger partial charge is 0.469 e. The number of sulfone groups is 1. The lowest BCUT2D eigenvalue weighted by Gasteiger charge is -2.23. The average Bonchev–Trinajstić information content (AvgIpc) is 3.78. The maximum atomic E-state index is 13.0. The summed E-state index contributed by atoms with van der Waals surface area (Å²) in [5, 5.41) is 2.86. The molecule has 1 saturated carbocycles. The third kappa shape index (κ3) is 10.3. The van der Waals surface area contributed by atoms with E-state index in [2.05, 4.69) is 14.8 Å². The topological polar surface area (TPSA) is 138 Å². The lowest BCUT2D eigenvalue weighted by atomic mass is 10.0. The number of benzene rings is 2. The van der Waals surface area contributed by atoms with Gasteiger partial charge < -0.3 is 19.8 Å². The Bertz CT molecular complexity index is 1550. The van der Waals surface area contributed by atoms with Crippen molar-refractivity contribution >= 4 is 29.2 Å². The van der Waals surface area contributed by atoms with Crippen molar-refractivity contribution in [1.82, 2.24) is 9.88 Å². The van der Waals surface area contributed by atoms with Crippen LogP contribution in [0.15, 0.2) is 65.7 Å². The van der Waals surface area contributed by atoms with Crippen LogP contribution in [-0.4, -0.2) is 72.4 Å². The average molecular weight is 644 g/mol. The number of phosphoric ester groups is 1. The molecule has 4 rings (SSSR count). The summed E-state index contributed by atoms with van der Waals surface area (Å²) in [7, 11) is -8.18. The summed E-state index contributed by atoms with van der Waals surface area (Å²) in [5.41, 5.74) is 2.88. The van der Waals surface area contributed by atoms with Gasteiger partial charge in [0.15, 0.2) is 9.84 Å². The first-order chi connectivity index (χ1) is 20.2. The van der Waals surface area contributed by atoms with Crippen LogP contribution in [0.1, 0.15) is 24.8 Å². The second-order valence-electron chi connectivity index (χ2n) is 10.2. The van der Waals surface area contributed by atoms with Crippen LogP contribution in [0.4, 0.5) is 24.7 Å². The summed E-state index contributed by atoms with van der Waals surface area (Å²) in [6.07, 6.45) is -1.33. The van der Waals surface area contributed by atoms with Crippen molar-refractivity contribution in [1.29, 1.82) is 0 Å². The van der Waals surface area contributed by atoms with Crippen LogP contribution in [0.2, 0.25) is 0 Å². The van der Waals surface area contributed by atoms with Gasteiger partial charge in [-0.3, -0.25) is 9.42 Å². The van der Waals surface area contributed by atoms with Crippen molar-refractivity contribution in [2.24, 2.45) is 0 Å². The van der Waals surface area contributed by atoms with E-state index in [-0.39, 0.29) is 36.3 Å². The predicted molar refractivity (Wildman–Crippen MR) is 155 cm³/mol. The highest BCUT2D eigenvalue weighted by atomic mass is 32.2. The Hall–Kier alpha value is -3.00. The van der Waals surface area contributed by atoms with Crippen LogP contribution in [0, 0.1) is 6.92 Å². The Morgan fingerprint density at radius 3 is 2.44 bits per heavy atom. The molecule has 3 N–H and O–H groups in total. The number of aromatic nitrogens is 1. The highest BCUT2D eigenvalue weighted by Gasteiger charge is 2.37. The van der Waals surface area contributed by atoms with Gasteiger partial charge in [-0.2, -0.15) is 13.2 Å².